The topological polar surface area (TPSA) is 113 Å². The minimum atomic E-state index is -3.65. The second kappa shape index (κ2) is 5.47. The third-order valence-corrected chi connectivity index (χ3v) is 4.64. The molecule has 2 heterocycles. The Balaban J connectivity index is 2.17. The SMILES string of the molecule is CCS(=O)(=O)Nc1oc(-c2ccnc3ccccc23)c(O)c1O. The van der Waals surface area contributed by atoms with E-state index in [0.717, 1.165) is 0 Å². The Labute approximate surface area is 132 Å². The van der Waals surface area contributed by atoms with E-state index in [2.05, 4.69) is 9.71 Å². The molecule has 0 fully saturated rings. The predicted molar refractivity (Wildman–Crippen MR) is 85.9 cm³/mol. The number of sulfonamides is 1. The van der Waals surface area contributed by atoms with E-state index in [-0.39, 0.29) is 11.5 Å². The lowest BCUT2D eigenvalue weighted by Gasteiger charge is -2.04. The lowest BCUT2D eigenvalue weighted by Crippen LogP contribution is -2.14. The normalized spacial score (nSPS) is 11.7. The number of rotatable bonds is 4. The Kier molecular flexibility index (Phi) is 3.61. The Bertz CT molecular complexity index is 973. The number of hydrogen-bond acceptors (Lipinski definition) is 6. The van der Waals surface area contributed by atoms with Crippen LogP contribution in [0, 0.1) is 0 Å². The Hall–Kier alpha value is -2.74. The van der Waals surface area contributed by atoms with Crippen molar-refractivity contribution in [3.8, 4) is 22.8 Å². The molecule has 0 aliphatic carbocycles. The summed E-state index contributed by atoms with van der Waals surface area (Å²) in [6, 6.07) is 8.80. The highest BCUT2D eigenvalue weighted by Crippen LogP contribution is 2.46. The summed E-state index contributed by atoms with van der Waals surface area (Å²) in [6.07, 6.45) is 1.53. The van der Waals surface area contributed by atoms with Crippen molar-refractivity contribution >= 4 is 26.8 Å². The molecule has 7 nitrogen and oxygen atoms in total. The van der Waals surface area contributed by atoms with Crippen molar-refractivity contribution in [1.29, 1.82) is 0 Å². The van der Waals surface area contributed by atoms with Gasteiger partial charge in [0.15, 0.2) is 5.76 Å². The summed E-state index contributed by atoms with van der Waals surface area (Å²) in [5.74, 6) is -1.83. The van der Waals surface area contributed by atoms with Crippen LogP contribution < -0.4 is 4.72 Å². The van der Waals surface area contributed by atoms with Gasteiger partial charge in [0.1, 0.15) is 0 Å². The Morgan fingerprint density at radius 3 is 2.65 bits per heavy atom. The molecule has 0 saturated carbocycles. The first-order valence-corrected chi connectivity index (χ1v) is 8.47. The van der Waals surface area contributed by atoms with Crippen LogP contribution in [0.3, 0.4) is 0 Å². The van der Waals surface area contributed by atoms with Crippen LogP contribution in [0.25, 0.3) is 22.2 Å². The molecule has 3 aromatic rings. The van der Waals surface area contributed by atoms with E-state index >= 15 is 0 Å². The summed E-state index contributed by atoms with van der Waals surface area (Å²) in [6.45, 7) is 1.44. The molecule has 1 aromatic carbocycles. The largest absolute Gasteiger partial charge is 0.502 e. The van der Waals surface area contributed by atoms with Gasteiger partial charge >= 0.3 is 0 Å². The monoisotopic (exact) mass is 334 g/mol. The van der Waals surface area contributed by atoms with Crippen LogP contribution in [0.2, 0.25) is 0 Å². The van der Waals surface area contributed by atoms with Crippen LogP contribution in [0.1, 0.15) is 6.92 Å². The number of para-hydroxylation sites is 1. The molecule has 0 aliphatic rings. The molecule has 3 N–H and O–H groups in total. The number of aromatic hydroxyl groups is 2. The zero-order valence-electron chi connectivity index (χ0n) is 12.1. The molecule has 0 aliphatic heterocycles. The second-order valence-corrected chi connectivity index (χ2v) is 6.85. The van der Waals surface area contributed by atoms with Gasteiger partial charge in [0.05, 0.1) is 11.3 Å². The van der Waals surface area contributed by atoms with E-state index in [1.807, 2.05) is 6.07 Å². The molecule has 0 saturated heterocycles. The van der Waals surface area contributed by atoms with Gasteiger partial charge in [-0.3, -0.25) is 4.98 Å². The molecule has 0 amide bonds. The van der Waals surface area contributed by atoms with Crippen molar-refractivity contribution in [2.75, 3.05) is 10.5 Å². The third-order valence-electron chi connectivity index (χ3n) is 3.38. The van der Waals surface area contributed by atoms with E-state index in [4.69, 9.17) is 4.42 Å². The lowest BCUT2D eigenvalue weighted by molar-refractivity contribution is 0.410. The number of pyridine rings is 1. The number of benzene rings is 1. The first-order valence-electron chi connectivity index (χ1n) is 6.82. The van der Waals surface area contributed by atoms with Crippen LogP contribution in [-0.2, 0) is 10.0 Å². The lowest BCUT2D eigenvalue weighted by atomic mass is 10.1. The minimum absolute atomic E-state index is 0.0325. The Morgan fingerprint density at radius 1 is 1.17 bits per heavy atom. The van der Waals surface area contributed by atoms with E-state index in [0.29, 0.717) is 16.5 Å². The second-order valence-electron chi connectivity index (χ2n) is 4.84. The predicted octanol–water partition coefficient (Wildman–Crippen LogP) is 2.67. The molecule has 120 valence electrons. The number of furan rings is 1. The molecule has 0 atom stereocenters. The van der Waals surface area contributed by atoms with Crippen molar-refractivity contribution in [2.45, 2.75) is 6.92 Å². The van der Waals surface area contributed by atoms with E-state index < -0.39 is 27.4 Å². The molecule has 0 unspecified atom stereocenters. The number of hydrogen-bond donors (Lipinski definition) is 3. The average molecular weight is 334 g/mol. The number of aromatic nitrogens is 1. The van der Waals surface area contributed by atoms with Gasteiger partial charge in [-0.25, -0.2) is 13.1 Å². The zero-order valence-corrected chi connectivity index (χ0v) is 13.0. The number of nitrogens with zero attached hydrogens (tertiary/aromatic N) is 1. The average Bonchev–Trinajstić information content (AvgIpc) is 2.82. The molecule has 23 heavy (non-hydrogen) atoms. The summed E-state index contributed by atoms with van der Waals surface area (Å²) in [7, 11) is -3.65. The fraction of sp³-hybridized carbons (Fsp3) is 0.133. The maximum Gasteiger partial charge on any atom is 0.253 e. The van der Waals surface area contributed by atoms with E-state index in [1.54, 1.807) is 24.3 Å². The first kappa shape index (κ1) is 15.2. The van der Waals surface area contributed by atoms with Crippen molar-refractivity contribution in [3.05, 3.63) is 36.5 Å². The highest BCUT2D eigenvalue weighted by molar-refractivity contribution is 7.92. The molecular weight excluding hydrogens is 320 g/mol. The number of anilines is 1. The minimum Gasteiger partial charge on any atom is -0.502 e. The van der Waals surface area contributed by atoms with Crippen molar-refractivity contribution in [3.63, 3.8) is 0 Å². The van der Waals surface area contributed by atoms with Gasteiger partial charge < -0.3 is 14.6 Å². The van der Waals surface area contributed by atoms with Gasteiger partial charge in [0.2, 0.25) is 21.5 Å². The fourth-order valence-electron chi connectivity index (χ4n) is 2.17. The molecule has 3 rings (SSSR count). The summed E-state index contributed by atoms with van der Waals surface area (Å²) >= 11 is 0. The summed E-state index contributed by atoms with van der Waals surface area (Å²) < 4.78 is 30.7. The maximum absolute atomic E-state index is 11.6. The van der Waals surface area contributed by atoms with Gasteiger partial charge in [0.25, 0.3) is 5.88 Å². The first-order chi connectivity index (χ1) is 10.9. The standard InChI is InChI=1S/C15H14N2O5S/c1-2-23(20,21)17-15-13(19)12(18)14(22-15)10-7-8-16-11-6-4-3-5-9(10)11/h3-8,17-19H,2H2,1H3. The summed E-state index contributed by atoms with van der Waals surface area (Å²) in [5.41, 5.74) is 1.17. The molecule has 8 heteroatoms. The van der Waals surface area contributed by atoms with Gasteiger partial charge in [-0.2, -0.15) is 0 Å². The quantitative estimate of drug-likeness (QED) is 0.676. The van der Waals surface area contributed by atoms with Crippen molar-refractivity contribution in [1.82, 2.24) is 4.98 Å². The molecule has 0 radical (unpaired) electrons. The van der Waals surface area contributed by atoms with Crippen LogP contribution >= 0.6 is 0 Å². The van der Waals surface area contributed by atoms with Crippen LogP contribution in [0.4, 0.5) is 5.88 Å². The highest BCUT2D eigenvalue weighted by Gasteiger charge is 2.24. The molecule has 0 spiro atoms. The van der Waals surface area contributed by atoms with Crippen LogP contribution in [0.15, 0.2) is 40.9 Å². The highest BCUT2D eigenvalue weighted by atomic mass is 32.2. The fourth-order valence-corrected chi connectivity index (χ4v) is 2.74. The van der Waals surface area contributed by atoms with Crippen LogP contribution in [-0.4, -0.2) is 29.4 Å². The molecule has 2 aromatic heterocycles. The smallest absolute Gasteiger partial charge is 0.253 e. The van der Waals surface area contributed by atoms with Crippen molar-refractivity contribution < 1.29 is 23.0 Å². The van der Waals surface area contributed by atoms with Crippen molar-refractivity contribution in [2.24, 2.45) is 0 Å². The van der Waals surface area contributed by atoms with E-state index in [9.17, 15) is 18.6 Å². The van der Waals surface area contributed by atoms with Gasteiger partial charge in [-0.15, -0.1) is 0 Å². The van der Waals surface area contributed by atoms with Gasteiger partial charge in [-0.1, -0.05) is 18.2 Å². The van der Waals surface area contributed by atoms with Crippen LogP contribution in [0.5, 0.6) is 11.5 Å². The Morgan fingerprint density at radius 2 is 1.91 bits per heavy atom. The van der Waals surface area contributed by atoms with Gasteiger partial charge in [-0.05, 0) is 19.1 Å². The molecule has 0 bridgehead atoms. The third kappa shape index (κ3) is 2.68. The zero-order chi connectivity index (χ0) is 16.6. The van der Waals surface area contributed by atoms with E-state index in [1.165, 1.54) is 13.1 Å². The molecular formula is C15H14N2O5S. The summed E-state index contributed by atoms with van der Waals surface area (Å²) in [5, 5.41) is 20.7. The number of fused-ring (bicyclic) bond motifs is 1. The van der Waals surface area contributed by atoms with Gasteiger partial charge in [0, 0.05) is 17.1 Å². The number of nitrogens with one attached hydrogen (secondary N) is 1. The maximum atomic E-state index is 11.6. The summed E-state index contributed by atoms with van der Waals surface area (Å²) in [4.78, 5) is 4.20.